The van der Waals surface area contributed by atoms with E-state index in [1.165, 1.54) is 6.07 Å². The Morgan fingerprint density at radius 1 is 1.43 bits per heavy atom. The molecule has 4 nitrogen and oxygen atoms in total. The van der Waals surface area contributed by atoms with Crippen molar-refractivity contribution in [3.63, 3.8) is 0 Å². The van der Waals surface area contributed by atoms with E-state index in [9.17, 15) is 9.18 Å². The number of amides is 1. The van der Waals surface area contributed by atoms with Crippen LogP contribution in [0.2, 0.25) is 0 Å². The minimum atomic E-state index is -0.406. The van der Waals surface area contributed by atoms with Crippen LogP contribution in [0.25, 0.3) is 0 Å². The summed E-state index contributed by atoms with van der Waals surface area (Å²) in [6, 6.07) is 4.83. The van der Waals surface area contributed by atoms with Crippen molar-refractivity contribution < 1.29 is 9.18 Å². The van der Waals surface area contributed by atoms with Crippen LogP contribution in [-0.2, 0) is 11.3 Å². The van der Waals surface area contributed by atoms with Gasteiger partial charge < -0.3 is 11.5 Å². The first-order valence-electron chi connectivity index (χ1n) is 7.04. The third-order valence-corrected chi connectivity index (χ3v) is 2.99. The smallest absolute Gasteiger partial charge is 0.231 e. The second-order valence-corrected chi connectivity index (χ2v) is 4.84. The molecule has 0 radical (unpaired) electrons. The lowest BCUT2D eigenvalue weighted by Gasteiger charge is -2.20. The number of halogens is 1. The number of nitrogens with two attached hydrogens (primary N) is 2. The first kappa shape index (κ1) is 17.2. The molecule has 0 fully saturated rings. The average molecular weight is 291 g/mol. The summed E-state index contributed by atoms with van der Waals surface area (Å²) in [5.41, 5.74) is 11.6. The Kier molecular flexibility index (Phi) is 7.44. The van der Waals surface area contributed by atoms with Crippen molar-refractivity contribution in [1.29, 1.82) is 0 Å². The van der Waals surface area contributed by atoms with Crippen LogP contribution < -0.4 is 11.5 Å². The zero-order valence-electron chi connectivity index (χ0n) is 12.4. The topological polar surface area (TPSA) is 72.3 Å². The van der Waals surface area contributed by atoms with Crippen molar-refractivity contribution in [3.8, 4) is 11.8 Å². The number of carbonyl (C=O) groups is 1. The third-order valence-electron chi connectivity index (χ3n) is 2.99. The summed E-state index contributed by atoms with van der Waals surface area (Å²) in [5.74, 6) is 4.74. The number of benzene rings is 1. The number of hydrogen-bond acceptors (Lipinski definition) is 3. The van der Waals surface area contributed by atoms with Gasteiger partial charge in [0.25, 0.3) is 0 Å². The monoisotopic (exact) mass is 291 g/mol. The zero-order chi connectivity index (χ0) is 15.7. The Morgan fingerprint density at radius 2 is 2.19 bits per heavy atom. The second-order valence-electron chi connectivity index (χ2n) is 4.84. The van der Waals surface area contributed by atoms with Gasteiger partial charge in [0.1, 0.15) is 5.82 Å². The van der Waals surface area contributed by atoms with Gasteiger partial charge in [-0.05, 0) is 25.1 Å². The van der Waals surface area contributed by atoms with Crippen molar-refractivity contribution in [3.05, 3.63) is 35.1 Å². The van der Waals surface area contributed by atoms with Gasteiger partial charge >= 0.3 is 0 Å². The molecule has 4 N–H and O–H groups in total. The van der Waals surface area contributed by atoms with Crippen LogP contribution in [0.5, 0.6) is 0 Å². The van der Waals surface area contributed by atoms with Crippen LogP contribution in [0.4, 0.5) is 4.39 Å². The molecule has 1 amide bonds. The summed E-state index contributed by atoms with van der Waals surface area (Å²) >= 11 is 0. The first-order chi connectivity index (χ1) is 10.1. The van der Waals surface area contributed by atoms with Gasteiger partial charge in [-0.15, -0.1) is 0 Å². The molecule has 0 spiro atoms. The molecule has 0 bridgehead atoms. The zero-order valence-corrected chi connectivity index (χ0v) is 12.4. The fraction of sp³-hybridized carbons (Fsp3) is 0.438. The highest BCUT2D eigenvalue weighted by molar-refractivity contribution is 5.75. The minimum Gasteiger partial charge on any atom is -0.369 e. The van der Waals surface area contributed by atoms with Gasteiger partial charge in [0, 0.05) is 17.7 Å². The van der Waals surface area contributed by atoms with E-state index in [4.69, 9.17) is 11.5 Å². The molecule has 0 aliphatic rings. The highest BCUT2D eigenvalue weighted by Crippen LogP contribution is 2.13. The third kappa shape index (κ3) is 6.39. The standard InChI is InChI=1S/C16H22FN3O/c1-2-3-9-20(12-16(19)21)11-14-7-6-13(5-4-8-18)10-15(14)17/h6-7,10H,2-3,8-9,11-12,18H2,1H3,(H2,19,21). The lowest BCUT2D eigenvalue weighted by molar-refractivity contribution is -0.119. The molecule has 5 heteroatoms. The van der Waals surface area contributed by atoms with Crippen molar-refractivity contribution in [2.75, 3.05) is 19.6 Å². The van der Waals surface area contributed by atoms with Gasteiger partial charge in [-0.3, -0.25) is 9.69 Å². The predicted molar refractivity (Wildman–Crippen MR) is 81.7 cm³/mol. The highest BCUT2D eigenvalue weighted by Gasteiger charge is 2.11. The summed E-state index contributed by atoms with van der Waals surface area (Å²) in [6.45, 7) is 3.52. The fourth-order valence-corrected chi connectivity index (χ4v) is 1.96. The van der Waals surface area contributed by atoms with Crippen molar-refractivity contribution >= 4 is 5.91 Å². The minimum absolute atomic E-state index is 0.133. The van der Waals surface area contributed by atoms with Crippen molar-refractivity contribution in [2.45, 2.75) is 26.3 Å². The average Bonchev–Trinajstić information content (AvgIpc) is 2.44. The fourth-order valence-electron chi connectivity index (χ4n) is 1.96. The van der Waals surface area contributed by atoms with E-state index < -0.39 is 5.91 Å². The van der Waals surface area contributed by atoms with E-state index in [1.807, 2.05) is 4.90 Å². The van der Waals surface area contributed by atoms with Gasteiger partial charge in [-0.2, -0.15) is 0 Å². The summed E-state index contributed by atoms with van der Waals surface area (Å²) in [4.78, 5) is 12.9. The van der Waals surface area contributed by atoms with Crippen LogP contribution in [0.3, 0.4) is 0 Å². The SMILES string of the molecule is CCCCN(CC(N)=O)Cc1ccc(C#CCN)cc1F. The van der Waals surface area contributed by atoms with Gasteiger partial charge in [0.15, 0.2) is 0 Å². The van der Waals surface area contributed by atoms with E-state index in [2.05, 4.69) is 18.8 Å². The molecule has 0 aromatic heterocycles. The second kappa shape index (κ2) is 9.11. The highest BCUT2D eigenvalue weighted by atomic mass is 19.1. The van der Waals surface area contributed by atoms with Crippen LogP contribution >= 0.6 is 0 Å². The number of hydrogen-bond donors (Lipinski definition) is 2. The number of primary amides is 1. The molecule has 0 unspecified atom stereocenters. The van der Waals surface area contributed by atoms with Gasteiger partial charge in [0.2, 0.25) is 5.91 Å². The van der Waals surface area contributed by atoms with Crippen molar-refractivity contribution in [2.24, 2.45) is 11.5 Å². The van der Waals surface area contributed by atoms with Gasteiger partial charge in [-0.1, -0.05) is 31.3 Å². The van der Waals surface area contributed by atoms with Gasteiger partial charge in [0.05, 0.1) is 13.1 Å². The Labute approximate surface area is 125 Å². The Bertz CT molecular complexity index is 534. The quantitative estimate of drug-likeness (QED) is 0.742. The van der Waals surface area contributed by atoms with Crippen molar-refractivity contribution in [1.82, 2.24) is 4.90 Å². The number of unbranched alkanes of at least 4 members (excludes halogenated alkanes) is 1. The lowest BCUT2D eigenvalue weighted by atomic mass is 10.1. The van der Waals surface area contributed by atoms with Gasteiger partial charge in [-0.25, -0.2) is 4.39 Å². The molecule has 0 saturated heterocycles. The van der Waals surface area contributed by atoms with Crippen LogP contribution in [0, 0.1) is 17.7 Å². The maximum atomic E-state index is 14.1. The van der Waals surface area contributed by atoms with E-state index in [0.717, 1.165) is 12.8 Å². The van der Waals surface area contributed by atoms with Crippen LogP contribution in [0.1, 0.15) is 30.9 Å². The molecule has 114 valence electrons. The molecule has 21 heavy (non-hydrogen) atoms. The van der Waals surface area contributed by atoms with E-state index in [1.54, 1.807) is 12.1 Å². The Morgan fingerprint density at radius 3 is 2.76 bits per heavy atom. The molecule has 1 rings (SSSR count). The molecule has 0 saturated carbocycles. The molecule has 1 aromatic rings. The molecule has 1 aromatic carbocycles. The Balaban J connectivity index is 2.80. The first-order valence-corrected chi connectivity index (χ1v) is 7.04. The van der Waals surface area contributed by atoms with E-state index >= 15 is 0 Å². The summed E-state index contributed by atoms with van der Waals surface area (Å²) in [7, 11) is 0. The summed E-state index contributed by atoms with van der Waals surface area (Å²) in [6.07, 6.45) is 1.94. The van der Waals surface area contributed by atoms with E-state index in [-0.39, 0.29) is 18.9 Å². The molecule has 0 aliphatic carbocycles. The van der Waals surface area contributed by atoms with Crippen LogP contribution in [0.15, 0.2) is 18.2 Å². The summed E-state index contributed by atoms with van der Waals surface area (Å²) in [5, 5.41) is 0. The molecular formula is C16H22FN3O. The molecule has 0 atom stereocenters. The molecule has 0 heterocycles. The maximum absolute atomic E-state index is 14.1. The molecular weight excluding hydrogens is 269 g/mol. The number of carbonyl (C=O) groups excluding carboxylic acids is 1. The Hall–Kier alpha value is -1.90. The summed E-state index contributed by atoms with van der Waals surface area (Å²) < 4.78 is 14.1. The largest absolute Gasteiger partial charge is 0.369 e. The molecule has 0 aliphatic heterocycles. The van der Waals surface area contributed by atoms with E-state index in [0.29, 0.717) is 24.2 Å². The normalized spacial score (nSPS) is 10.3. The maximum Gasteiger partial charge on any atom is 0.231 e. The number of rotatable bonds is 7. The lowest BCUT2D eigenvalue weighted by Crippen LogP contribution is -2.34. The predicted octanol–water partition coefficient (Wildman–Crippen LogP) is 1.22. The number of nitrogens with zero attached hydrogens (tertiary/aromatic N) is 1. The van der Waals surface area contributed by atoms with Crippen LogP contribution in [-0.4, -0.2) is 30.4 Å².